The molecule has 1 amide bonds. The minimum absolute atomic E-state index is 0.136. The molecule has 2 aromatic rings. The first-order valence-corrected chi connectivity index (χ1v) is 7.82. The molecule has 0 radical (unpaired) electrons. The summed E-state index contributed by atoms with van der Waals surface area (Å²) in [6.07, 6.45) is 0. The Bertz CT molecular complexity index is 705. The summed E-state index contributed by atoms with van der Waals surface area (Å²) in [6.45, 7) is 5.46. The number of hydrogen-bond donors (Lipinski definition) is 1. The quantitative estimate of drug-likeness (QED) is 0.851. The number of amides is 1. The van der Waals surface area contributed by atoms with E-state index in [1.807, 2.05) is 50.2 Å². The molecule has 2 aromatic carbocycles. The SMILES string of the molecule is CC(=O)C(C)(C)Sc1ccccc1-c1ccc(C(N)=O)cc1. The predicted molar refractivity (Wildman–Crippen MR) is 91.0 cm³/mol. The van der Waals surface area contributed by atoms with Crippen molar-refractivity contribution < 1.29 is 9.59 Å². The lowest BCUT2D eigenvalue weighted by Gasteiger charge is -2.22. The normalized spacial score (nSPS) is 11.2. The maximum Gasteiger partial charge on any atom is 0.248 e. The molecule has 0 aromatic heterocycles. The van der Waals surface area contributed by atoms with Crippen LogP contribution in [0.5, 0.6) is 0 Å². The van der Waals surface area contributed by atoms with Crippen molar-refractivity contribution in [2.75, 3.05) is 0 Å². The number of primary amides is 1. The third kappa shape index (κ3) is 3.57. The van der Waals surface area contributed by atoms with Crippen molar-refractivity contribution in [3.05, 3.63) is 54.1 Å². The lowest BCUT2D eigenvalue weighted by atomic mass is 10.0. The van der Waals surface area contributed by atoms with Crippen LogP contribution >= 0.6 is 11.8 Å². The number of ketones is 1. The van der Waals surface area contributed by atoms with Crippen LogP contribution in [0.25, 0.3) is 11.1 Å². The standard InChI is InChI=1S/C18H19NO2S/c1-12(20)18(2,3)22-16-7-5-4-6-15(16)13-8-10-14(11-9-13)17(19)21/h4-11H,1-3H3,(H2,19,21). The number of Topliss-reactive ketones (excluding diaryl/α,β-unsaturated/α-hetero) is 1. The molecule has 0 aliphatic carbocycles. The zero-order valence-corrected chi connectivity index (χ0v) is 13.7. The van der Waals surface area contributed by atoms with Gasteiger partial charge in [-0.3, -0.25) is 9.59 Å². The molecule has 0 unspecified atom stereocenters. The minimum atomic E-state index is -0.483. The van der Waals surface area contributed by atoms with Crippen LogP contribution in [0.1, 0.15) is 31.1 Å². The van der Waals surface area contributed by atoms with Gasteiger partial charge in [0.15, 0.2) is 0 Å². The topological polar surface area (TPSA) is 60.2 Å². The molecule has 0 heterocycles. The summed E-state index contributed by atoms with van der Waals surface area (Å²) in [5, 5.41) is 0. The van der Waals surface area contributed by atoms with Crippen LogP contribution in [0, 0.1) is 0 Å². The van der Waals surface area contributed by atoms with E-state index in [9.17, 15) is 9.59 Å². The van der Waals surface area contributed by atoms with E-state index in [0.29, 0.717) is 5.56 Å². The van der Waals surface area contributed by atoms with Gasteiger partial charge in [-0.1, -0.05) is 30.3 Å². The van der Waals surface area contributed by atoms with Crippen molar-refractivity contribution in [1.29, 1.82) is 0 Å². The van der Waals surface area contributed by atoms with Gasteiger partial charge in [0.2, 0.25) is 5.91 Å². The van der Waals surface area contributed by atoms with E-state index in [1.54, 1.807) is 30.8 Å². The molecule has 2 rings (SSSR count). The lowest BCUT2D eigenvalue weighted by molar-refractivity contribution is -0.118. The van der Waals surface area contributed by atoms with Gasteiger partial charge in [-0.05, 0) is 50.1 Å². The summed E-state index contributed by atoms with van der Waals surface area (Å²) in [4.78, 5) is 24.0. The van der Waals surface area contributed by atoms with Gasteiger partial charge in [-0.25, -0.2) is 0 Å². The Labute approximate surface area is 134 Å². The van der Waals surface area contributed by atoms with Gasteiger partial charge in [-0.2, -0.15) is 0 Å². The van der Waals surface area contributed by atoms with E-state index in [1.165, 1.54) is 0 Å². The van der Waals surface area contributed by atoms with Crippen molar-refractivity contribution in [1.82, 2.24) is 0 Å². The number of nitrogens with two attached hydrogens (primary N) is 1. The third-order valence-corrected chi connectivity index (χ3v) is 4.95. The molecule has 0 saturated heterocycles. The second kappa shape index (κ2) is 6.36. The molecular formula is C18H19NO2S. The molecule has 0 aliphatic rings. The second-order valence-corrected chi connectivity index (χ2v) is 7.27. The largest absolute Gasteiger partial charge is 0.366 e. The predicted octanol–water partition coefficient (Wildman–Crippen LogP) is 3.91. The summed E-state index contributed by atoms with van der Waals surface area (Å²) >= 11 is 1.54. The number of carbonyl (C=O) groups is 2. The Balaban J connectivity index is 2.40. The fraction of sp³-hybridized carbons (Fsp3) is 0.222. The number of hydrogen-bond acceptors (Lipinski definition) is 3. The Morgan fingerprint density at radius 2 is 1.59 bits per heavy atom. The first kappa shape index (κ1) is 16.3. The van der Waals surface area contributed by atoms with E-state index < -0.39 is 10.7 Å². The molecule has 0 fully saturated rings. The molecule has 0 saturated carbocycles. The molecule has 0 bridgehead atoms. The van der Waals surface area contributed by atoms with Crippen LogP contribution in [0.4, 0.5) is 0 Å². The van der Waals surface area contributed by atoms with Crippen LogP contribution < -0.4 is 5.73 Å². The average molecular weight is 313 g/mol. The Hall–Kier alpha value is -2.07. The molecule has 0 atom stereocenters. The van der Waals surface area contributed by atoms with Crippen molar-refractivity contribution in [3.63, 3.8) is 0 Å². The molecule has 0 aliphatic heterocycles. The number of rotatable bonds is 5. The van der Waals surface area contributed by atoms with Crippen molar-refractivity contribution in [2.45, 2.75) is 30.4 Å². The van der Waals surface area contributed by atoms with Crippen molar-refractivity contribution in [2.24, 2.45) is 5.73 Å². The fourth-order valence-corrected chi connectivity index (χ4v) is 3.09. The molecular weight excluding hydrogens is 294 g/mol. The number of carbonyl (C=O) groups excluding carboxylic acids is 2. The average Bonchev–Trinajstić information content (AvgIpc) is 2.47. The molecule has 114 valence electrons. The Kier molecular flexibility index (Phi) is 4.71. The summed E-state index contributed by atoms with van der Waals surface area (Å²) in [7, 11) is 0. The van der Waals surface area contributed by atoms with Crippen LogP contribution in [-0.2, 0) is 4.79 Å². The first-order valence-electron chi connectivity index (χ1n) is 7.00. The monoisotopic (exact) mass is 313 g/mol. The summed E-state index contributed by atoms with van der Waals surface area (Å²) in [5.74, 6) is -0.302. The molecule has 0 spiro atoms. The van der Waals surface area contributed by atoms with E-state index in [0.717, 1.165) is 16.0 Å². The highest BCUT2D eigenvalue weighted by atomic mass is 32.2. The number of benzene rings is 2. The van der Waals surface area contributed by atoms with Gasteiger partial charge in [0.25, 0.3) is 0 Å². The van der Waals surface area contributed by atoms with E-state index >= 15 is 0 Å². The van der Waals surface area contributed by atoms with Crippen LogP contribution in [0.15, 0.2) is 53.4 Å². The smallest absolute Gasteiger partial charge is 0.248 e. The fourth-order valence-electron chi connectivity index (χ4n) is 1.95. The molecule has 3 nitrogen and oxygen atoms in total. The van der Waals surface area contributed by atoms with Crippen LogP contribution in [0.2, 0.25) is 0 Å². The van der Waals surface area contributed by atoms with Gasteiger partial charge in [0, 0.05) is 10.5 Å². The molecule has 2 N–H and O–H groups in total. The van der Waals surface area contributed by atoms with E-state index in [2.05, 4.69) is 0 Å². The van der Waals surface area contributed by atoms with Crippen molar-refractivity contribution >= 4 is 23.5 Å². The second-order valence-electron chi connectivity index (χ2n) is 5.61. The van der Waals surface area contributed by atoms with Gasteiger partial charge < -0.3 is 5.73 Å². The zero-order valence-electron chi connectivity index (χ0n) is 12.9. The maximum atomic E-state index is 11.8. The van der Waals surface area contributed by atoms with Crippen LogP contribution in [-0.4, -0.2) is 16.4 Å². The summed E-state index contributed by atoms with van der Waals surface area (Å²) in [6, 6.07) is 15.1. The van der Waals surface area contributed by atoms with Crippen LogP contribution in [0.3, 0.4) is 0 Å². The highest BCUT2D eigenvalue weighted by Crippen LogP contribution is 2.39. The maximum absolute atomic E-state index is 11.8. The Morgan fingerprint density at radius 3 is 2.14 bits per heavy atom. The summed E-state index contributed by atoms with van der Waals surface area (Å²) < 4.78 is -0.483. The van der Waals surface area contributed by atoms with E-state index in [4.69, 9.17) is 5.73 Å². The zero-order chi connectivity index (χ0) is 16.3. The Morgan fingerprint density at radius 1 is 1.00 bits per heavy atom. The third-order valence-electron chi connectivity index (χ3n) is 3.58. The van der Waals surface area contributed by atoms with Gasteiger partial charge in [0.05, 0.1) is 4.75 Å². The van der Waals surface area contributed by atoms with E-state index in [-0.39, 0.29) is 5.78 Å². The van der Waals surface area contributed by atoms with Gasteiger partial charge >= 0.3 is 0 Å². The lowest BCUT2D eigenvalue weighted by Crippen LogP contribution is -2.24. The van der Waals surface area contributed by atoms with Crippen molar-refractivity contribution in [3.8, 4) is 11.1 Å². The molecule has 4 heteroatoms. The highest BCUT2D eigenvalue weighted by molar-refractivity contribution is 8.01. The summed E-state index contributed by atoms with van der Waals surface area (Å²) in [5.41, 5.74) is 7.79. The first-order chi connectivity index (χ1) is 10.3. The molecule has 22 heavy (non-hydrogen) atoms. The highest BCUT2D eigenvalue weighted by Gasteiger charge is 2.26. The van der Waals surface area contributed by atoms with Gasteiger partial charge in [0.1, 0.15) is 5.78 Å². The van der Waals surface area contributed by atoms with Gasteiger partial charge in [-0.15, -0.1) is 11.8 Å². The number of thioether (sulfide) groups is 1. The minimum Gasteiger partial charge on any atom is -0.366 e.